The Bertz CT molecular complexity index is 884. The number of hydrogen-bond donors (Lipinski definition) is 1. The molecule has 0 fully saturated rings. The first kappa shape index (κ1) is 13.4. The fourth-order valence-electron chi connectivity index (χ4n) is 2.59. The molecule has 1 N–H and O–H groups in total. The highest BCUT2D eigenvalue weighted by molar-refractivity contribution is 5.87. The summed E-state index contributed by atoms with van der Waals surface area (Å²) >= 11 is 0. The minimum atomic E-state index is -0.369. The average Bonchev–Trinajstić information content (AvgIpc) is 2.46. The lowest BCUT2D eigenvalue weighted by atomic mass is 10.1. The van der Waals surface area contributed by atoms with Crippen molar-refractivity contribution in [2.75, 3.05) is 12.4 Å². The molecule has 3 rings (SSSR count). The highest BCUT2D eigenvalue weighted by atomic mass is 19.1. The molecule has 106 valence electrons. The quantitative estimate of drug-likeness (QED) is 0.780. The Balaban J connectivity index is 2.44. The van der Waals surface area contributed by atoms with E-state index in [0.29, 0.717) is 16.9 Å². The Kier molecular flexibility index (Phi) is 3.22. The van der Waals surface area contributed by atoms with Gasteiger partial charge in [0.15, 0.2) is 0 Å². The summed E-state index contributed by atoms with van der Waals surface area (Å²) in [6, 6.07) is 13.6. The van der Waals surface area contributed by atoms with Crippen LogP contribution < -0.4 is 10.9 Å². The lowest BCUT2D eigenvalue weighted by Gasteiger charge is -2.15. The van der Waals surface area contributed by atoms with Crippen LogP contribution in [0.1, 0.15) is 5.56 Å². The molecule has 0 amide bonds. The lowest BCUT2D eigenvalue weighted by Crippen LogP contribution is -2.22. The van der Waals surface area contributed by atoms with Crippen molar-refractivity contribution in [3.63, 3.8) is 0 Å². The third-order valence-corrected chi connectivity index (χ3v) is 3.58. The normalized spacial score (nSPS) is 10.8. The van der Waals surface area contributed by atoms with E-state index in [2.05, 4.69) is 5.32 Å². The standard InChI is InChI=1S/C17H15FN2O/c1-11-5-3-6-12-9-15(19-2)20(17(21)16(11)12)14-8-4-7-13(18)10-14/h3-10,19H,1-2H3. The van der Waals surface area contributed by atoms with Crippen molar-refractivity contribution in [3.8, 4) is 5.69 Å². The van der Waals surface area contributed by atoms with Crippen LogP contribution in [0.5, 0.6) is 0 Å². The molecule has 0 aliphatic heterocycles. The van der Waals surface area contributed by atoms with Gasteiger partial charge in [-0.2, -0.15) is 0 Å². The minimum absolute atomic E-state index is 0.152. The summed E-state index contributed by atoms with van der Waals surface area (Å²) in [5.74, 6) is 0.259. The molecule has 0 aliphatic carbocycles. The van der Waals surface area contributed by atoms with Gasteiger partial charge in [0, 0.05) is 7.05 Å². The molecule has 21 heavy (non-hydrogen) atoms. The lowest BCUT2D eigenvalue weighted by molar-refractivity contribution is 0.626. The first-order valence-corrected chi connectivity index (χ1v) is 6.71. The number of halogens is 1. The van der Waals surface area contributed by atoms with Gasteiger partial charge < -0.3 is 5.32 Å². The number of aryl methyl sites for hydroxylation is 1. The molecule has 0 saturated heterocycles. The van der Waals surface area contributed by atoms with Gasteiger partial charge in [-0.25, -0.2) is 4.39 Å². The first-order valence-electron chi connectivity index (χ1n) is 6.71. The Morgan fingerprint density at radius 2 is 1.86 bits per heavy atom. The highest BCUT2D eigenvalue weighted by Gasteiger charge is 2.12. The number of hydrogen-bond acceptors (Lipinski definition) is 2. The molecule has 0 radical (unpaired) electrons. The van der Waals surface area contributed by atoms with Crippen molar-refractivity contribution in [1.29, 1.82) is 0 Å². The monoisotopic (exact) mass is 282 g/mol. The molecule has 1 aromatic heterocycles. The Hall–Kier alpha value is -2.62. The number of nitrogens with one attached hydrogen (secondary N) is 1. The summed E-state index contributed by atoms with van der Waals surface area (Å²) in [6.45, 7) is 1.90. The number of fused-ring (bicyclic) bond motifs is 1. The Morgan fingerprint density at radius 3 is 2.57 bits per heavy atom. The van der Waals surface area contributed by atoms with Gasteiger partial charge in [-0.3, -0.25) is 9.36 Å². The van der Waals surface area contributed by atoms with Gasteiger partial charge in [0.2, 0.25) is 0 Å². The summed E-state index contributed by atoms with van der Waals surface area (Å²) in [4.78, 5) is 12.8. The molecule has 4 heteroatoms. The predicted octanol–water partition coefficient (Wildman–Crippen LogP) is 3.48. The molecular weight excluding hydrogens is 267 g/mol. The minimum Gasteiger partial charge on any atom is -0.374 e. The van der Waals surface area contributed by atoms with Crippen LogP contribution >= 0.6 is 0 Å². The second-order valence-corrected chi connectivity index (χ2v) is 4.94. The van der Waals surface area contributed by atoms with E-state index in [0.717, 1.165) is 10.9 Å². The zero-order valence-corrected chi connectivity index (χ0v) is 11.9. The maximum atomic E-state index is 13.5. The zero-order chi connectivity index (χ0) is 15.0. The maximum absolute atomic E-state index is 13.5. The Morgan fingerprint density at radius 1 is 1.10 bits per heavy atom. The van der Waals surface area contributed by atoms with Gasteiger partial charge in [0.05, 0.1) is 11.1 Å². The molecule has 3 nitrogen and oxygen atoms in total. The second-order valence-electron chi connectivity index (χ2n) is 4.94. The van der Waals surface area contributed by atoms with E-state index >= 15 is 0 Å². The Labute approximate surface area is 121 Å². The summed E-state index contributed by atoms with van der Waals surface area (Å²) < 4.78 is 15.0. The topological polar surface area (TPSA) is 34.0 Å². The largest absolute Gasteiger partial charge is 0.374 e. The van der Waals surface area contributed by atoms with Crippen molar-refractivity contribution in [2.24, 2.45) is 0 Å². The second kappa shape index (κ2) is 5.05. The first-order chi connectivity index (χ1) is 10.1. The number of rotatable bonds is 2. The highest BCUT2D eigenvalue weighted by Crippen LogP contribution is 2.21. The van der Waals surface area contributed by atoms with E-state index in [1.54, 1.807) is 19.2 Å². The van der Waals surface area contributed by atoms with Gasteiger partial charge in [-0.1, -0.05) is 24.3 Å². The number of anilines is 1. The number of pyridine rings is 1. The SMILES string of the molecule is CNc1cc2cccc(C)c2c(=O)n1-c1cccc(F)c1. The van der Waals surface area contributed by atoms with Crippen LogP contribution in [0.25, 0.3) is 16.5 Å². The van der Waals surface area contributed by atoms with Crippen LogP contribution in [0.3, 0.4) is 0 Å². The van der Waals surface area contributed by atoms with Gasteiger partial charge in [0.25, 0.3) is 5.56 Å². The summed E-state index contributed by atoms with van der Waals surface area (Å²) in [5.41, 5.74) is 1.26. The van der Waals surface area contributed by atoms with E-state index < -0.39 is 0 Å². The average molecular weight is 282 g/mol. The summed E-state index contributed by atoms with van der Waals surface area (Å²) in [6.07, 6.45) is 0. The smallest absolute Gasteiger partial charge is 0.264 e. The maximum Gasteiger partial charge on any atom is 0.264 e. The molecular formula is C17H15FN2O. The van der Waals surface area contributed by atoms with E-state index in [1.165, 1.54) is 16.7 Å². The van der Waals surface area contributed by atoms with Gasteiger partial charge >= 0.3 is 0 Å². The zero-order valence-electron chi connectivity index (χ0n) is 11.9. The van der Waals surface area contributed by atoms with E-state index in [1.807, 2.05) is 31.2 Å². The van der Waals surface area contributed by atoms with Crippen LogP contribution in [0.2, 0.25) is 0 Å². The third-order valence-electron chi connectivity index (χ3n) is 3.58. The van der Waals surface area contributed by atoms with Crippen LogP contribution in [0.4, 0.5) is 10.2 Å². The van der Waals surface area contributed by atoms with Crippen LogP contribution in [-0.2, 0) is 0 Å². The fourth-order valence-corrected chi connectivity index (χ4v) is 2.59. The fraction of sp³-hybridized carbons (Fsp3) is 0.118. The van der Waals surface area contributed by atoms with Crippen LogP contribution in [0.15, 0.2) is 53.3 Å². The van der Waals surface area contributed by atoms with Crippen molar-refractivity contribution in [2.45, 2.75) is 6.92 Å². The molecule has 0 bridgehead atoms. The molecule has 1 heterocycles. The summed E-state index contributed by atoms with van der Waals surface area (Å²) in [7, 11) is 1.74. The van der Waals surface area contributed by atoms with Crippen molar-refractivity contribution in [1.82, 2.24) is 4.57 Å². The number of nitrogens with zero attached hydrogens (tertiary/aromatic N) is 1. The van der Waals surface area contributed by atoms with Crippen molar-refractivity contribution in [3.05, 3.63) is 70.3 Å². The predicted molar refractivity (Wildman–Crippen MR) is 83.8 cm³/mol. The van der Waals surface area contributed by atoms with Crippen molar-refractivity contribution < 1.29 is 4.39 Å². The van der Waals surface area contributed by atoms with E-state index in [9.17, 15) is 9.18 Å². The van der Waals surface area contributed by atoms with E-state index in [-0.39, 0.29) is 11.4 Å². The molecule has 2 aromatic carbocycles. The van der Waals surface area contributed by atoms with E-state index in [4.69, 9.17) is 0 Å². The van der Waals surface area contributed by atoms with Crippen LogP contribution in [0, 0.1) is 12.7 Å². The van der Waals surface area contributed by atoms with Gasteiger partial charge in [0.1, 0.15) is 11.6 Å². The molecule has 3 aromatic rings. The van der Waals surface area contributed by atoms with Gasteiger partial charge in [-0.15, -0.1) is 0 Å². The molecule has 0 atom stereocenters. The number of aromatic nitrogens is 1. The molecule has 0 saturated carbocycles. The summed E-state index contributed by atoms with van der Waals surface area (Å²) in [5, 5.41) is 4.53. The molecule has 0 aliphatic rings. The molecule has 0 unspecified atom stereocenters. The van der Waals surface area contributed by atoms with Crippen molar-refractivity contribution >= 4 is 16.6 Å². The molecule has 0 spiro atoms. The third kappa shape index (κ3) is 2.18. The number of benzene rings is 2. The van der Waals surface area contributed by atoms with Gasteiger partial charge in [-0.05, 0) is 42.1 Å². The van der Waals surface area contributed by atoms with Crippen LogP contribution in [-0.4, -0.2) is 11.6 Å².